The van der Waals surface area contributed by atoms with Crippen LogP contribution in [0, 0.1) is 0 Å². The van der Waals surface area contributed by atoms with Gasteiger partial charge in [0, 0.05) is 25.4 Å². The highest BCUT2D eigenvalue weighted by molar-refractivity contribution is 5.86. The Morgan fingerprint density at radius 1 is 0.857 bits per heavy atom. The summed E-state index contributed by atoms with van der Waals surface area (Å²) in [6.45, 7) is 7.60. The van der Waals surface area contributed by atoms with E-state index in [-0.39, 0.29) is 5.97 Å². The van der Waals surface area contributed by atoms with E-state index < -0.39 is 0 Å². The summed E-state index contributed by atoms with van der Waals surface area (Å²) in [4.78, 5) is 11.1. The second-order valence-corrected chi connectivity index (χ2v) is 5.43. The predicted molar refractivity (Wildman–Crippen MR) is 85.2 cm³/mol. The van der Waals surface area contributed by atoms with Crippen LogP contribution < -0.4 is 0 Å². The molecule has 0 unspecified atom stereocenters. The van der Waals surface area contributed by atoms with Gasteiger partial charge in [0.05, 0.1) is 6.61 Å². The van der Waals surface area contributed by atoms with Crippen LogP contribution in [0.5, 0.6) is 0 Å². The molecule has 0 rings (SSSR count). The van der Waals surface area contributed by atoms with Gasteiger partial charge >= 0.3 is 5.97 Å². The summed E-state index contributed by atoms with van der Waals surface area (Å²) in [5.74, 6) is -0.301. The molecule has 0 fully saturated rings. The summed E-state index contributed by atoms with van der Waals surface area (Å²) in [5.41, 5.74) is 0.453. The second kappa shape index (κ2) is 15.5. The van der Waals surface area contributed by atoms with E-state index in [0.29, 0.717) is 18.8 Å². The molecule has 0 aromatic carbocycles. The Hall–Kier alpha value is -0.870. The molecular formula is C17H32O4. The average Bonchev–Trinajstić information content (AvgIpc) is 2.47. The molecule has 0 bridgehead atoms. The Kier molecular flexibility index (Phi) is 14.9. The fourth-order valence-electron chi connectivity index (χ4n) is 1.90. The zero-order chi connectivity index (χ0) is 15.8. The third-order valence-electron chi connectivity index (χ3n) is 3.21. The molecule has 0 amide bonds. The summed E-state index contributed by atoms with van der Waals surface area (Å²) in [6.07, 6.45) is 9.75. The minimum Gasteiger partial charge on any atom is -0.462 e. The number of aliphatic hydroxyl groups is 1. The summed E-state index contributed by atoms with van der Waals surface area (Å²) in [7, 11) is 0. The van der Waals surface area contributed by atoms with Gasteiger partial charge in [0.1, 0.15) is 0 Å². The number of rotatable bonds is 15. The molecule has 0 atom stereocenters. The monoisotopic (exact) mass is 300 g/mol. The Balaban J connectivity index is 3.06. The van der Waals surface area contributed by atoms with Crippen molar-refractivity contribution in [1.82, 2.24) is 0 Å². The molecule has 0 aromatic heterocycles. The third-order valence-corrected chi connectivity index (χ3v) is 3.21. The standard InChI is InChI=1S/C17H32O4/c1-16(2)17(19)21-15-11-7-10-14-20-13-9-6-4-3-5-8-12-18/h18H,1,3-15H2,2H3. The van der Waals surface area contributed by atoms with Crippen molar-refractivity contribution in [1.29, 1.82) is 0 Å². The minimum atomic E-state index is -0.301. The van der Waals surface area contributed by atoms with Crippen molar-refractivity contribution in [2.75, 3.05) is 26.4 Å². The van der Waals surface area contributed by atoms with Crippen LogP contribution in [-0.4, -0.2) is 37.5 Å². The van der Waals surface area contributed by atoms with Crippen molar-refractivity contribution < 1.29 is 19.4 Å². The highest BCUT2D eigenvalue weighted by atomic mass is 16.5. The van der Waals surface area contributed by atoms with E-state index in [1.54, 1.807) is 6.92 Å². The van der Waals surface area contributed by atoms with Crippen LogP contribution in [0.4, 0.5) is 0 Å². The Morgan fingerprint density at radius 2 is 1.33 bits per heavy atom. The summed E-state index contributed by atoms with van der Waals surface area (Å²) >= 11 is 0. The largest absolute Gasteiger partial charge is 0.462 e. The lowest BCUT2D eigenvalue weighted by Crippen LogP contribution is -2.06. The van der Waals surface area contributed by atoms with E-state index >= 15 is 0 Å². The maximum absolute atomic E-state index is 11.1. The molecule has 124 valence electrons. The molecule has 21 heavy (non-hydrogen) atoms. The van der Waals surface area contributed by atoms with Crippen LogP contribution in [-0.2, 0) is 14.3 Å². The quantitative estimate of drug-likeness (QED) is 0.285. The first-order valence-corrected chi connectivity index (χ1v) is 8.19. The van der Waals surface area contributed by atoms with Crippen LogP contribution in [0.15, 0.2) is 12.2 Å². The van der Waals surface area contributed by atoms with Crippen LogP contribution in [0.1, 0.15) is 64.7 Å². The number of esters is 1. The van der Waals surface area contributed by atoms with Crippen molar-refractivity contribution in [3.8, 4) is 0 Å². The van der Waals surface area contributed by atoms with Crippen molar-refractivity contribution in [2.45, 2.75) is 64.7 Å². The minimum absolute atomic E-state index is 0.301. The molecule has 0 aromatic rings. The predicted octanol–water partition coefficient (Wildman–Crippen LogP) is 3.63. The normalized spacial score (nSPS) is 10.6. The highest BCUT2D eigenvalue weighted by Gasteiger charge is 2.01. The number of ether oxygens (including phenoxy) is 2. The molecule has 0 aliphatic rings. The van der Waals surface area contributed by atoms with Gasteiger partial charge in [-0.15, -0.1) is 0 Å². The van der Waals surface area contributed by atoms with Crippen molar-refractivity contribution in [3.63, 3.8) is 0 Å². The Labute approximate surface area is 129 Å². The summed E-state index contributed by atoms with van der Waals surface area (Å²) < 4.78 is 10.6. The number of carbonyl (C=O) groups is 1. The van der Waals surface area contributed by atoms with Gasteiger partial charge in [0.15, 0.2) is 0 Å². The molecule has 0 saturated heterocycles. The summed E-state index contributed by atoms with van der Waals surface area (Å²) in [6, 6.07) is 0. The van der Waals surface area contributed by atoms with E-state index in [1.165, 1.54) is 19.3 Å². The van der Waals surface area contributed by atoms with Gasteiger partial charge in [-0.2, -0.15) is 0 Å². The first-order chi connectivity index (χ1) is 10.2. The van der Waals surface area contributed by atoms with Crippen LogP contribution in [0.3, 0.4) is 0 Å². The lowest BCUT2D eigenvalue weighted by molar-refractivity contribution is -0.139. The van der Waals surface area contributed by atoms with Crippen LogP contribution in [0.25, 0.3) is 0 Å². The third kappa shape index (κ3) is 15.3. The zero-order valence-corrected chi connectivity index (χ0v) is 13.6. The molecule has 1 N–H and O–H groups in total. The topological polar surface area (TPSA) is 55.8 Å². The zero-order valence-electron chi connectivity index (χ0n) is 13.6. The van der Waals surface area contributed by atoms with Crippen LogP contribution >= 0.6 is 0 Å². The Morgan fingerprint density at radius 3 is 1.90 bits per heavy atom. The molecule has 0 aliphatic heterocycles. The van der Waals surface area contributed by atoms with Gasteiger partial charge in [0.2, 0.25) is 0 Å². The fraction of sp³-hybridized carbons (Fsp3) is 0.824. The highest BCUT2D eigenvalue weighted by Crippen LogP contribution is 2.05. The number of aliphatic hydroxyl groups excluding tert-OH is 1. The van der Waals surface area contributed by atoms with Crippen molar-refractivity contribution in [2.24, 2.45) is 0 Å². The maximum atomic E-state index is 11.1. The number of hydrogen-bond donors (Lipinski definition) is 1. The SMILES string of the molecule is C=C(C)C(=O)OCCCCCOCCCCCCCCO. The second-order valence-electron chi connectivity index (χ2n) is 5.43. The lowest BCUT2D eigenvalue weighted by atomic mass is 10.1. The van der Waals surface area contributed by atoms with Gasteiger partial charge in [-0.25, -0.2) is 4.79 Å². The van der Waals surface area contributed by atoms with Gasteiger partial charge in [-0.1, -0.05) is 32.3 Å². The van der Waals surface area contributed by atoms with Gasteiger partial charge in [0.25, 0.3) is 0 Å². The first-order valence-electron chi connectivity index (χ1n) is 8.19. The molecule has 4 nitrogen and oxygen atoms in total. The molecule has 0 aliphatic carbocycles. The molecule has 4 heteroatoms. The fourth-order valence-corrected chi connectivity index (χ4v) is 1.90. The molecular weight excluding hydrogens is 268 g/mol. The van der Waals surface area contributed by atoms with E-state index in [4.69, 9.17) is 14.6 Å². The van der Waals surface area contributed by atoms with Crippen molar-refractivity contribution in [3.05, 3.63) is 12.2 Å². The maximum Gasteiger partial charge on any atom is 0.333 e. The number of carbonyl (C=O) groups excluding carboxylic acids is 1. The van der Waals surface area contributed by atoms with Crippen molar-refractivity contribution >= 4 is 5.97 Å². The Bertz CT molecular complexity index is 264. The number of hydrogen-bond acceptors (Lipinski definition) is 4. The van der Waals surface area contributed by atoms with E-state index in [0.717, 1.165) is 51.7 Å². The van der Waals surface area contributed by atoms with E-state index in [9.17, 15) is 4.79 Å². The smallest absolute Gasteiger partial charge is 0.333 e. The van der Waals surface area contributed by atoms with E-state index in [1.807, 2.05) is 0 Å². The van der Waals surface area contributed by atoms with Gasteiger partial charge < -0.3 is 14.6 Å². The average molecular weight is 300 g/mol. The van der Waals surface area contributed by atoms with Gasteiger partial charge in [-0.3, -0.25) is 0 Å². The lowest BCUT2D eigenvalue weighted by Gasteiger charge is -2.05. The molecule has 0 radical (unpaired) electrons. The van der Waals surface area contributed by atoms with Gasteiger partial charge in [-0.05, 0) is 39.0 Å². The van der Waals surface area contributed by atoms with E-state index in [2.05, 4.69) is 6.58 Å². The molecule has 0 heterocycles. The molecule has 0 spiro atoms. The number of unbranched alkanes of at least 4 members (excludes halogenated alkanes) is 7. The van der Waals surface area contributed by atoms with Crippen LogP contribution in [0.2, 0.25) is 0 Å². The first kappa shape index (κ1) is 20.1. The summed E-state index contributed by atoms with van der Waals surface area (Å²) in [5, 5.41) is 8.65. The molecule has 0 saturated carbocycles.